The Labute approximate surface area is 971 Å². The van der Waals surface area contributed by atoms with Gasteiger partial charge in [0.1, 0.15) is 51.1 Å². The number of aromatic nitrogens is 36. The van der Waals surface area contributed by atoms with Crippen LogP contribution >= 0.6 is 11.8 Å². The second-order valence-electron chi connectivity index (χ2n) is 28.7. The third-order valence-electron chi connectivity index (χ3n) is 19.0. The first kappa shape index (κ1) is 122. The number of hydrogen-bond donors (Lipinski definition) is 0. The van der Waals surface area contributed by atoms with Crippen molar-refractivity contribution in [2.75, 3.05) is 5.75 Å². The molecule has 0 unspecified atom stereocenters. The molecule has 12 aromatic heterocycles. The molecule has 0 saturated heterocycles. The monoisotopic (exact) mass is 2490 g/mol. The van der Waals surface area contributed by atoms with Crippen LogP contribution in [0, 0.1) is 6.92 Å². The van der Waals surface area contributed by atoms with Gasteiger partial charge in [0.2, 0.25) is 0 Å². The maximum atomic E-state index is 13.3. The van der Waals surface area contributed by atoms with Crippen molar-refractivity contribution in [3.05, 3.63) is 296 Å². The number of tetrazole rings is 6. The van der Waals surface area contributed by atoms with Crippen LogP contribution < -0.4 is 103 Å². The molecule has 0 bridgehead atoms. The van der Waals surface area contributed by atoms with Crippen LogP contribution in [0.1, 0.15) is 77.3 Å². The SMILES string of the molecule is CC(C)Oc1cccc(-n2nnn(C)c2=O)c1COc1cc[n-]n1.CCSc1cccc(-n2nnn(C)c2=O)c1COc1cc[n-]n1.Cc1cccc(-n2nnn(C)c2=O)c1COc1cc[n-]n1.Cn1nnn(-c2cccc(C(F)(F)F)c2COc2cc[n-]n2)c1=O.Cn1nnn(-c2cccc(C(F)F)c2COc2cc[n-]n2)c1=O.Cn1nnn(-c2cccc(OC(F)(F)F)c2COc2cc[n-]n2)c1=O.[Y].[Y].[Y].[Y].[Y].[Y]. The number of nitrogens with zero attached hydrogens (tertiary/aromatic N) is 36. The van der Waals surface area contributed by atoms with Gasteiger partial charge in [0, 0.05) is 271 Å². The summed E-state index contributed by atoms with van der Waals surface area (Å²) in [6, 6.07) is 37.4. The Bertz CT molecular complexity index is 7480. The van der Waals surface area contributed by atoms with Crippen molar-refractivity contribution in [2.45, 2.75) is 97.3 Å². The van der Waals surface area contributed by atoms with Gasteiger partial charge in [0.15, 0.2) is 35.3 Å². The van der Waals surface area contributed by atoms with Crippen LogP contribution in [0.5, 0.6) is 46.8 Å². The summed E-state index contributed by atoms with van der Waals surface area (Å²) >= 11 is 1.67. The summed E-state index contributed by atoms with van der Waals surface area (Å²) in [6.45, 7) is 7.51. The number of ether oxygens (including phenoxy) is 8. The molecule has 0 atom stereocenters. The van der Waals surface area contributed by atoms with Gasteiger partial charge in [-0.1, -0.05) is 55.5 Å². The van der Waals surface area contributed by atoms with Crippen molar-refractivity contribution >= 4 is 11.8 Å². The van der Waals surface area contributed by atoms with Crippen molar-refractivity contribution in [1.82, 2.24) is 180 Å². The van der Waals surface area contributed by atoms with Crippen molar-refractivity contribution in [3.8, 4) is 80.9 Å². The molecule has 0 aliphatic carbocycles. The summed E-state index contributed by atoms with van der Waals surface area (Å²) in [5.74, 6) is 2.65. The maximum absolute atomic E-state index is 13.3. The zero-order valence-corrected chi connectivity index (χ0v) is 96.0. The van der Waals surface area contributed by atoms with Gasteiger partial charge in [-0.25, -0.2) is 37.5 Å². The Morgan fingerprint density at radius 1 is 0.329 bits per heavy atom. The number of rotatable bonds is 30. The van der Waals surface area contributed by atoms with Crippen LogP contribution in [0.4, 0.5) is 35.1 Å². The van der Waals surface area contributed by atoms with Crippen LogP contribution in [0.15, 0.2) is 216 Å². The Hall–Kier alpha value is -11.4. The molecule has 50 nitrogen and oxygen atoms in total. The van der Waals surface area contributed by atoms with E-state index in [9.17, 15) is 63.9 Å². The van der Waals surface area contributed by atoms with E-state index in [4.69, 9.17) is 33.2 Å². The van der Waals surface area contributed by atoms with Gasteiger partial charge in [-0.15, -0.1) is 24.9 Å². The van der Waals surface area contributed by atoms with E-state index >= 15 is 0 Å². The van der Waals surface area contributed by atoms with E-state index in [0.717, 1.165) is 72.2 Å². The van der Waals surface area contributed by atoms with Gasteiger partial charge >= 0.3 is 46.7 Å². The third-order valence-corrected chi connectivity index (χ3v) is 20.0. The van der Waals surface area contributed by atoms with Crippen molar-refractivity contribution in [2.24, 2.45) is 42.3 Å². The second kappa shape index (κ2) is 57.2. The number of aryl methyl sites for hydroxylation is 7. The quantitative estimate of drug-likeness (QED) is 0.0444. The van der Waals surface area contributed by atoms with Crippen molar-refractivity contribution < 1.29 is 269 Å². The van der Waals surface area contributed by atoms with Crippen LogP contribution in [-0.4, -0.2) is 168 Å². The molecule has 750 valence electrons. The first-order valence-electron chi connectivity index (χ1n) is 40.7. The summed E-state index contributed by atoms with van der Waals surface area (Å²) < 4.78 is 160. The second-order valence-corrected chi connectivity index (χ2v) is 30.0. The Morgan fingerprint density at radius 2 is 0.596 bits per heavy atom. The fourth-order valence-electron chi connectivity index (χ4n) is 12.4. The van der Waals surface area contributed by atoms with Gasteiger partial charge in [-0.3, -0.25) is 0 Å². The van der Waals surface area contributed by atoms with Gasteiger partial charge in [0.05, 0.1) is 56.9 Å². The molecular weight excluding hydrogens is 2420 g/mol. The Balaban J connectivity index is 0.000000236. The van der Waals surface area contributed by atoms with Gasteiger partial charge in [-0.2, -0.15) is 107 Å². The van der Waals surface area contributed by atoms with E-state index in [1.807, 2.05) is 57.2 Å². The smallest absolute Gasteiger partial charge is 0.573 e. The summed E-state index contributed by atoms with van der Waals surface area (Å²) in [7, 11) is 8.77. The summed E-state index contributed by atoms with van der Waals surface area (Å²) in [5.41, 5.74) is 1.19. The van der Waals surface area contributed by atoms with Gasteiger partial charge in [0.25, 0.3) is 6.43 Å². The zero-order valence-electron chi connectivity index (χ0n) is 78.1. The fraction of sp³-hybridized carbons (Fsp3) is 0.259. The molecule has 0 aliphatic heterocycles. The fourth-order valence-corrected chi connectivity index (χ4v) is 13.3. The molecule has 18 aromatic rings. The van der Waals surface area contributed by atoms with Crippen molar-refractivity contribution in [3.63, 3.8) is 0 Å². The minimum Gasteiger partial charge on any atom is -0.579 e. The molecule has 0 amide bonds. The molecule has 146 heavy (non-hydrogen) atoms. The number of alkyl halides is 8. The summed E-state index contributed by atoms with van der Waals surface area (Å²) in [4.78, 5) is 73.4. The molecule has 0 aliphatic rings. The molecule has 0 fully saturated rings. The van der Waals surface area contributed by atoms with E-state index in [1.54, 1.807) is 80.8 Å². The first-order valence-corrected chi connectivity index (χ1v) is 41.7. The number of benzene rings is 6. The molecular formula is C81H76F8N36O14SY6-6. The molecule has 18 rings (SSSR count). The molecule has 0 spiro atoms. The van der Waals surface area contributed by atoms with E-state index in [1.165, 1.54) is 131 Å². The standard InChI is InChI=1S/C15H17N6O3.C14H15N6O2S.C13H10F3N6O3.C13H10F3N6O2.C13H11F2N6O2.C13H13N6O2.6Y/c1-10(2)24-13-6-4-5-12(21-15(22)20(3)18-19-21)11(13)9-23-14-7-8-16-17-14;1-3-23-12-6-4-5-11(20-14(21)19(2)17-18-20)10(12)9-22-13-7-8-15-16-13;1-21-12(23)22(20-19-21)9-3-2-4-10(25-13(14,15)16)8(9)7-24-11-5-6-17-18-11;1-21-12(23)22(20-19-21)10-4-2-3-9(13(14,15)16)8(10)7-24-11-5-6-17-18-11;1-20-13(22)21(19-18-20)10-4-2-3-8(12(14)15)9(10)7-23-11-5-6-16-17-11;1-9-4-3-5-11(19-13(20)18(2)16-17-19)10(9)8-21-12-6-7-14-15-12;;;;;;/h4-8,10H,9H2,1-3H3;4-8H,3,9H2,1-2H3;2-6H,7H2,1H3;2-6H,7H2,1H3;2-6,12H,7H2,1H3;3-7H,8H2,1-2H3;;;;;;/q6*-1;;;;;;. The normalized spacial score (nSPS) is 10.7. The Kier molecular flexibility index (Phi) is 47.7. The van der Waals surface area contributed by atoms with Gasteiger partial charge < -0.3 is 99.1 Å². The van der Waals surface area contributed by atoms with E-state index in [-0.39, 0.29) is 309 Å². The van der Waals surface area contributed by atoms with E-state index in [2.05, 4.69) is 135 Å². The van der Waals surface area contributed by atoms with Crippen LogP contribution in [0.2, 0.25) is 0 Å². The minimum atomic E-state index is -4.92. The Morgan fingerprint density at radius 3 is 0.897 bits per heavy atom. The predicted octanol–water partition coefficient (Wildman–Crippen LogP) is 4.43. The largest absolute Gasteiger partial charge is 0.579 e. The van der Waals surface area contributed by atoms with E-state index in [0.29, 0.717) is 46.0 Å². The number of thioether (sulfide) groups is 1. The first-order chi connectivity index (χ1) is 67.2. The minimum absolute atomic E-state index is 0. The number of hydrogen-bond acceptors (Lipinski definition) is 33. The van der Waals surface area contributed by atoms with Crippen LogP contribution in [0.25, 0.3) is 34.1 Å². The van der Waals surface area contributed by atoms with Gasteiger partial charge in [-0.05, 0) is 192 Å². The average molecular weight is 2500 g/mol. The molecule has 0 N–H and O–H groups in total. The molecule has 0 saturated carbocycles. The maximum Gasteiger partial charge on any atom is 0.573 e. The van der Waals surface area contributed by atoms with E-state index < -0.39 is 54.0 Å². The summed E-state index contributed by atoms with van der Waals surface area (Å²) in [6.07, 6.45) is -3.51. The van der Waals surface area contributed by atoms with Crippen LogP contribution in [-0.2, 0) is 284 Å². The van der Waals surface area contributed by atoms with Crippen LogP contribution in [0.3, 0.4) is 0 Å². The number of halogens is 8. The average Bonchev–Trinajstić information content (AvgIpc) is 1.11. The molecule has 6 aromatic carbocycles. The van der Waals surface area contributed by atoms with Crippen molar-refractivity contribution in [1.29, 1.82) is 0 Å². The zero-order chi connectivity index (χ0) is 99.9. The molecule has 6 radical (unpaired) electrons. The summed E-state index contributed by atoms with van der Waals surface area (Å²) in [5, 5.41) is 88.6. The third kappa shape index (κ3) is 31.8. The topological polar surface area (TPSA) is 552 Å². The predicted molar refractivity (Wildman–Crippen MR) is 464 cm³/mol. The molecule has 12 heterocycles. The molecule has 65 heteroatoms.